The van der Waals surface area contributed by atoms with Gasteiger partial charge in [0.05, 0.1) is 0 Å². The molecule has 2 aromatic carbocycles. The van der Waals surface area contributed by atoms with Crippen LogP contribution in [0.1, 0.15) is 12.1 Å². The number of amides is 2. The van der Waals surface area contributed by atoms with E-state index in [1.54, 1.807) is 6.20 Å². The number of benzene rings is 2. The molecule has 144 valence electrons. The van der Waals surface area contributed by atoms with E-state index in [-0.39, 0.29) is 6.03 Å². The summed E-state index contributed by atoms with van der Waals surface area (Å²) in [6.45, 7) is 3.41. The topological polar surface area (TPSA) is 70.2 Å². The standard InChI is InChI=1S/C22H25N5O/c1-17-13-15-23-21(25-17)18-9-11-19(12-10-18)26-22(28)24-14-6-16-27(2)20-7-4-3-5-8-20/h3-5,7-13,15H,6,14,16H2,1-2H3,(H2,24,26,28). The van der Waals surface area contributed by atoms with Crippen LogP contribution in [0.2, 0.25) is 0 Å². The van der Waals surface area contributed by atoms with Crippen molar-refractivity contribution in [2.45, 2.75) is 13.3 Å². The van der Waals surface area contributed by atoms with Crippen LogP contribution < -0.4 is 15.5 Å². The fraction of sp³-hybridized carbons (Fsp3) is 0.227. The minimum atomic E-state index is -0.207. The molecule has 3 rings (SSSR count). The van der Waals surface area contributed by atoms with Gasteiger partial charge in [0, 0.05) is 49.0 Å². The van der Waals surface area contributed by atoms with Gasteiger partial charge in [-0.2, -0.15) is 0 Å². The molecular weight excluding hydrogens is 350 g/mol. The van der Waals surface area contributed by atoms with Crippen LogP contribution in [0.3, 0.4) is 0 Å². The van der Waals surface area contributed by atoms with Gasteiger partial charge in [-0.05, 0) is 55.8 Å². The molecule has 28 heavy (non-hydrogen) atoms. The van der Waals surface area contributed by atoms with Gasteiger partial charge in [0.1, 0.15) is 0 Å². The number of para-hydroxylation sites is 1. The number of anilines is 2. The van der Waals surface area contributed by atoms with Crippen LogP contribution in [0.4, 0.5) is 16.2 Å². The summed E-state index contributed by atoms with van der Waals surface area (Å²) in [5.74, 6) is 0.679. The molecule has 0 radical (unpaired) electrons. The number of nitrogens with zero attached hydrogens (tertiary/aromatic N) is 3. The molecular formula is C22H25N5O. The lowest BCUT2D eigenvalue weighted by Gasteiger charge is -2.19. The van der Waals surface area contributed by atoms with Crippen molar-refractivity contribution in [1.29, 1.82) is 0 Å². The zero-order chi connectivity index (χ0) is 19.8. The molecule has 0 aliphatic rings. The van der Waals surface area contributed by atoms with E-state index >= 15 is 0 Å². The lowest BCUT2D eigenvalue weighted by atomic mass is 10.2. The lowest BCUT2D eigenvalue weighted by Crippen LogP contribution is -2.31. The van der Waals surface area contributed by atoms with Crippen LogP contribution in [0.15, 0.2) is 66.9 Å². The largest absolute Gasteiger partial charge is 0.375 e. The summed E-state index contributed by atoms with van der Waals surface area (Å²) in [4.78, 5) is 22.9. The average molecular weight is 375 g/mol. The quantitative estimate of drug-likeness (QED) is 0.610. The van der Waals surface area contributed by atoms with E-state index in [9.17, 15) is 4.79 Å². The highest BCUT2D eigenvalue weighted by Crippen LogP contribution is 2.18. The molecule has 0 saturated heterocycles. The molecule has 3 aromatic rings. The predicted octanol–water partition coefficient (Wildman–Crippen LogP) is 4.10. The number of carbonyl (C=O) groups is 1. The van der Waals surface area contributed by atoms with Gasteiger partial charge in [-0.25, -0.2) is 14.8 Å². The number of hydrogen-bond donors (Lipinski definition) is 2. The van der Waals surface area contributed by atoms with E-state index in [4.69, 9.17) is 0 Å². The van der Waals surface area contributed by atoms with Crippen LogP contribution in [0.25, 0.3) is 11.4 Å². The summed E-state index contributed by atoms with van der Waals surface area (Å²) in [5.41, 5.74) is 3.74. The van der Waals surface area contributed by atoms with E-state index in [0.717, 1.165) is 29.9 Å². The molecule has 0 unspecified atom stereocenters. The fourth-order valence-electron chi connectivity index (χ4n) is 2.80. The van der Waals surface area contributed by atoms with Crippen molar-refractivity contribution in [2.75, 3.05) is 30.4 Å². The van der Waals surface area contributed by atoms with Gasteiger partial charge in [-0.1, -0.05) is 18.2 Å². The maximum atomic E-state index is 12.1. The van der Waals surface area contributed by atoms with Crippen LogP contribution in [0.5, 0.6) is 0 Å². The molecule has 0 atom stereocenters. The van der Waals surface area contributed by atoms with Crippen LogP contribution in [0, 0.1) is 6.92 Å². The molecule has 0 fully saturated rings. The number of urea groups is 1. The Morgan fingerprint density at radius 3 is 2.50 bits per heavy atom. The Bertz CT molecular complexity index is 896. The Labute approximate surface area is 165 Å². The second-order valence-corrected chi connectivity index (χ2v) is 6.59. The molecule has 6 heteroatoms. The van der Waals surface area contributed by atoms with Crippen molar-refractivity contribution < 1.29 is 4.79 Å². The van der Waals surface area contributed by atoms with Gasteiger partial charge >= 0.3 is 6.03 Å². The molecule has 1 aromatic heterocycles. The Morgan fingerprint density at radius 1 is 1.04 bits per heavy atom. The summed E-state index contributed by atoms with van der Waals surface area (Å²) in [5, 5.41) is 5.74. The molecule has 2 amide bonds. The molecule has 6 nitrogen and oxygen atoms in total. The molecule has 0 spiro atoms. The highest BCUT2D eigenvalue weighted by Gasteiger charge is 2.05. The first-order valence-corrected chi connectivity index (χ1v) is 9.33. The van der Waals surface area contributed by atoms with Crippen LogP contribution >= 0.6 is 0 Å². The van der Waals surface area contributed by atoms with E-state index in [0.29, 0.717) is 12.4 Å². The van der Waals surface area contributed by atoms with Crippen molar-refractivity contribution in [3.8, 4) is 11.4 Å². The van der Waals surface area contributed by atoms with E-state index in [1.165, 1.54) is 5.69 Å². The number of hydrogen-bond acceptors (Lipinski definition) is 4. The first kappa shape index (κ1) is 19.4. The van der Waals surface area contributed by atoms with E-state index in [1.807, 2.05) is 55.5 Å². The Hall–Kier alpha value is -3.41. The summed E-state index contributed by atoms with van der Waals surface area (Å²) in [6, 6.07) is 19.4. The minimum Gasteiger partial charge on any atom is -0.375 e. The van der Waals surface area contributed by atoms with Gasteiger partial charge in [0.2, 0.25) is 0 Å². The van der Waals surface area contributed by atoms with Gasteiger partial charge < -0.3 is 15.5 Å². The van der Waals surface area contributed by atoms with Crippen molar-refractivity contribution in [1.82, 2.24) is 15.3 Å². The number of aromatic nitrogens is 2. The summed E-state index contributed by atoms with van der Waals surface area (Å²) in [7, 11) is 2.05. The van der Waals surface area contributed by atoms with E-state index < -0.39 is 0 Å². The summed E-state index contributed by atoms with van der Waals surface area (Å²) in [6.07, 6.45) is 2.61. The smallest absolute Gasteiger partial charge is 0.319 e. The van der Waals surface area contributed by atoms with Crippen LogP contribution in [-0.4, -0.2) is 36.1 Å². The van der Waals surface area contributed by atoms with Crippen LogP contribution in [-0.2, 0) is 0 Å². The highest BCUT2D eigenvalue weighted by atomic mass is 16.2. The molecule has 2 N–H and O–H groups in total. The first-order valence-electron chi connectivity index (χ1n) is 9.33. The third kappa shape index (κ3) is 5.54. The molecule has 0 aliphatic heterocycles. The van der Waals surface area contributed by atoms with Crippen molar-refractivity contribution in [3.63, 3.8) is 0 Å². The van der Waals surface area contributed by atoms with Gasteiger partial charge in [0.25, 0.3) is 0 Å². The molecule has 0 bridgehead atoms. The summed E-state index contributed by atoms with van der Waals surface area (Å²) >= 11 is 0. The fourth-order valence-corrected chi connectivity index (χ4v) is 2.80. The second-order valence-electron chi connectivity index (χ2n) is 6.59. The minimum absolute atomic E-state index is 0.207. The predicted molar refractivity (Wildman–Crippen MR) is 114 cm³/mol. The summed E-state index contributed by atoms with van der Waals surface area (Å²) < 4.78 is 0. The number of nitrogens with one attached hydrogen (secondary N) is 2. The maximum absolute atomic E-state index is 12.1. The van der Waals surface area contributed by atoms with Gasteiger partial charge in [-0.3, -0.25) is 0 Å². The number of aryl methyl sites for hydroxylation is 1. The van der Waals surface area contributed by atoms with Crippen molar-refractivity contribution in [2.24, 2.45) is 0 Å². The van der Waals surface area contributed by atoms with Gasteiger partial charge in [0.15, 0.2) is 5.82 Å². The second kappa shape index (κ2) is 9.50. The Morgan fingerprint density at radius 2 is 1.79 bits per heavy atom. The SMILES string of the molecule is Cc1ccnc(-c2ccc(NC(=O)NCCCN(C)c3ccccc3)cc2)n1. The normalized spacial score (nSPS) is 10.4. The number of rotatable bonds is 7. The third-order valence-electron chi connectivity index (χ3n) is 4.35. The Balaban J connectivity index is 1.42. The number of carbonyl (C=O) groups excluding carboxylic acids is 1. The molecule has 0 aliphatic carbocycles. The van der Waals surface area contributed by atoms with Crippen molar-refractivity contribution in [3.05, 3.63) is 72.6 Å². The monoisotopic (exact) mass is 375 g/mol. The zero-order valence-electron chi connectivity index (χ0n) is 16.2. The Kier molecular flexibility index (Phi) is 6.57. The highest BCUT2D eigenvalue weighted by molar-refractivity contribution is 5.89. The van der Waals surface area contributed by atoms with Gasteiger partial charge in [-0.15, -0.1) is 0 Å². The average Bonchev–Trinajstić information content (AvgIpc) is 2.72. The maximum Gasteiger partial charge on any atom is 0.319 e. The first-order chi connectivity index (χ1) is 13.6. The zero-order valence-corrected chi connectivity index (χ0v) is 16.2. The third-order valence-corrected chi connectivity index (χ3v) is 4.35. The molecule has 0 saturated carbocycles. The lowest BCUT2D eigenvalue weighted by molar-refractivity contribution is 0.252. The molecule has 1 heterocycles. The van der Waals surface area contributed by atoms with Crippen molar-refractivity contribution >= 4 is 17.4 Å². The van der Waals surface area contributed by atoms with E-state index in [2.05, 4.69) is 44.7 Å².